The topological polar surface area (TPSA) is 79.4 Å². The summed E-state index contributed by atoms with van der Waals surface area (Å²) in [6.07, 6.45) is 0. The third kappa shape index (κ3) is 4.25. The van der Waals surface area contributed by atoms with E-state index in [1.54, 1.807) is 35.2 Å². The Labute approximate surface area is 177 Å². The molecule has 2 aromatic rings. The number of nitrogens with one attached hydrogen (secondary N) is 1. The quantitative estimate of drug-likeness (QED) is 0.709. The number of carbonyl (C=O) groups excluding carboxylic acids is 1. The fourth-order valence-electron chi connectivity index (χ4n) is 3.79. The number of nitrogens with zero attached hydrogens (tertiary/aromatic N) is 4. The molecule has 30 heavy (non-hydrogen) atoms. The molecular weight excluding hydrogens is 409 g/mol. The lowest BCUT2D eigenvalue weighted by atomic mass is 10.2. The second kappa shape index (κ2) is 8.58. The molecule has 10 heteroatoms. The van der Waals surface area contributed by atoms with Crippen LogP contribution in [0.5, 0.6) is 0 Å². The fraction of sp³-hybridized carbons (Fsp3) is 0.350. The van der Waals surface area contributed by atoms with Crippen LogP contribution < -0.4 is 19.4 Å². The molecule has 2 fully saturated rings. The van der Waals surface area contributed by atoms with Crippen molar-refractivity contribution in [3.63, 3.8) is 0 Å². The third-order valence-corrected chi connectivity index (χ3v) is 5.89. The van der Waals surface area contributed by atoms with Gasteiger partial charge in [-0.25, -0.2) is 13.4 Å². The van der Waals surface area contributed by atoms with E-state index in [9.17, 15) is 13.4 Å². The second-order valence-electron chi connectivity index (χ2n) is 7.41. The predicted molar refractivity (Wildman–Crippen MR) is 117 cm³/mol. The van der Waals surface area contributed by atoms with E-state index in [1.807, 2.05) is 6.07 Å². The molecule has 4 rings (SSSR count). The average molecular weight is 434 g/mol. The van der Waals surface area contributed by atoms with Gasteiger partial charge in [-0.2, -0.15) is 0 Å². The lowest BCUT2D eigenvalue weighted by Gasteiger charge is -2.34. The number of hydrogen-bond donors (Lipinski definition) is 2. The first-order valence-corrected chi connectivity index (χ1v) is 10.8. The van der Waals surface area contributed by atoms with Crippen LogP contribution in [-0.2, 0) is 11.3 Å². The first kappa shape index (κ1) is 20.6. The first-order valence-electron chi connectivity index (χ1n) is 9.72. The summed E-state index contributed by atoms with van der Waals surface area (Å²) in [5.74, 6) is -0.411. The summed E-state index contributed by atoms with van der Waals surface area (Å²) in [6.45, 7) is 4.37. The third-order valence-electron chi connectivity index (χ3n) is 5.48. The molecule has 2 aliphatic rings. The van der Waals surface area contributed by atoms with Crippen LogP contribution in [0.25, 0.3) is 0 Å². The molecule has 2 heterocycles. The minimum Gasteiger partial charge on any atom is -0.369 e. The summed E-state index contributed by atoms with van der Waals surface area (Å²) in [5.41, 5.74) is 2.21. The summed E-state index contributed by atoms with van der Waals surface area (Å²) in [5, 5.41) is 0. The Morgan fingerprint density at radius 1 is 0.933 bits per heavy atom. The molecule has 0 aliphatic carbocycles. The molecule has 2 aromatic carbocycles. The molecule has 2 aliphatic heterocycles. The molecule has 0 radical (unpaired) electrons. The van der Waals surface area contributed by atoms with Crippen LogP contribution in [0.15, 0.2) is 42.5 Å². The van der Waals surface area contributed by atoms with Gasteiger partial charge >= 0.3 is 6.03 Å². The molecule has 160 valence electrons. The molecule has 0 bridgehead atoms. The lowest BCUT2D eigenvalue weighted by Crippen LogP contribution is -2.44. The molecule has 2 amide bonds. The summed E-state index contributed by atoms with van der Waals surface area (Å²) in [6, 6.07) is 11.4. The predicted octanol–water partition coefficient (Wildman–Crippen LogP) is 2.57. The van der Waals surface area contributed by atoms with Crippen molar-refractivity contribution in [3.05, 3.63) is 48.3 Å². The van der Waals surface area contributed by atoms with Crippen LogP contribution in [0.1, 0.15) is 0 Å². The number of carbonyl (C=O) groups is 1. The summed E-state index contributed by atoms with van der Waals surface area (Å²) in [4.78, 5) is 20.3. The van der Waals surface area contributed by atoms with Crippen molar-refractivity contribution in [1.29, 1.82) is 0 Å². The highest BCUT2D eigenvalue weighted by atomic mass is 32.2. The normalized spacial score (nSPS) is 18.8. The smallest absolute Gasteiger partial charge is 0.329 e. The zero-order valence-corrected chi connectivity index (χ0v) is 17.4. The Bertz CT molecular complexity index is 950. The van der Waals surface area contributed by atoms with Gasteiger partial charge in [0, 0.05) is 56.3 Å². The minimum absolute atomic E-state index is 0.273. The molecule has 0 aromatic heterocycles. The number of amides is 2. The maximum absolute atomic E-state index is 14.9. The maximum atomic E-state index is 14.9. The van der Waals surface area contributed by atoms with Crippen LogP contribution in [0.2, 0.25) is 0 Å². The van der Waals surface area contributed by atoms with E-state index in [0.717, 1.165) is 31.9 Å². The number of halogens is 1. The van der Waals surface area contributed by atoms with Gasteiger partial charge in [0.1, 0.15) is 5.82 Å². The minimum atomic E-state index is -2.16. The largest absolute Gasteiger partial charge is 0.369 e. The maximum Gasteiger partial charge on any atom is 0.329 e. The number of urea groups is 1. The van der Waals surface area contributed by atoms with E-state index in [1.165, 1.54) is 11.0 Å². The summed E-state index contributed by atoms with van der Waals surface area (Å²) >= 11 is -2.16. The highest BCUT2D eigenvalue weighted by molar-refractivity contribution is 7.80. The number of likely N-dealkylation sites (N-methyl/N-ethyl adjacent to an activating group) is 1. The summed E-state index contributed by atoms with van der Waals surface area (Å²) in [7, 11) is 2.07. The second-order valence-corrected chi connectivity index (χ2v) is 8.11. The van der Waals surface area contributed by atoms with Gasteiger partial charge in [-0.05, 0) is 49.5 Å². The van der Waals surface area contributed by atoms with Crippen molar-refractivity contribution in [1.82, 2.24) is 4.90 Å². The standard InChI is InChI=1S/C20H24FN5O3S/c1-23-8-10-24(11-9-23)17-6-7-19(18(21)14-17)26-13-12-25(20(26)27)16-4-2-15(3-5-16)22-30(28)29/h2-7,14,22H,8-13H2,1H3,(H,28,29). The number of anilines is 4. The van der Waals surface area contributed by atoms with Crippen LogP contribution in [0, 0.1) is 5.82 Å². The Hall–Kier alpha value is -2.69. The van der Waals surface area contributed by atoms with Gasteiger partial charge < -0.3 is 9.80 Å². The zero-order valence-electron chi connectivity index (χ0n) is 16.6. The van der Waals surface area contributed by atoms with Crippen LogP contribution >= 0.6 is 0 Å². The Morgan fingerprint density at radius 2 is 1.57 bits per heavy atom. The van der Waals surface area contributed by atoms with Gasteiger partial charge in [-0.15, -0.1) is 0 Å². The van der Waals surface area contributed by atoms with Crippen molar-refractivity contribution < 1.29 is 17.9 Å². The van der Waals surface area contributed by atoms with Crippen molar-refractivity contribution in [2.75, 3.05) is 65.7 Å². The van der Waals surface area contributed by atoms with Gasteiger partial charge in [0.05, 0.1) is 5.69 Å². The van der Waals surface area contributed by atoms with E-state index in [0.29, 0.717) is 24.5 Å². The van der Waals surface area contributed by atoms with Gasteiger partial charge in [-0.1, -0.05) is 0 Å². The van der Waals surface area contributed by atoms with Gasteiger partial charge in [0.25, 0.3) is 11.3 Å². The molecule has 0 saturated carbocycles. The number of rotatable bonds is 5. The van der Waals surface area contributed by atoms with Crippen molar-refractivity contribution in [2.24, 2.45) is 0 Å². The first-order chi connectivity index (χ1) is 14.4. The van der Waals surface area contributed by atoms with Crippen LogP contribution in [0.4, 0.5) is 31.9 Å². The lowest BCUT2D eigenvalue weighted by molar-refractivity contribution is 0.255. The number of piperazine rings is 1. The van der Waals surface area contributed by atoms with E-state index < -0.39 is 17.1 Å². The SMILES string of the molecule is CN1CCN(c2ccc(N3CCN(c4ccc(NS(=O)O)cc4)C3=O)c(F)c2)CC1. The van der Waals surface area contributed by atoms with Gasteiger partial charge in [0.15, 0.2) is 0 Å². The van der Waals surface area contributed by atoms with E-state index in [-0.39, 0.29) is 11.7 Å². The molecule has 0 spiro atoms. The Kier molecular flexibility index (Phi) is 5.89. The van der Waals surface area contributed by atoms with Crippen molar-refractivity contribution in [2.45, 2.75) is 0 Å². The molecule has 1 unspecified atom stereocenters. The van der Waals surface area contributed by atoms with Crippen LogP contribution in [0.3, 0.4) is 0 Å². The fourth-order valence-corrected chi connectivity index (χ4v) is 4.12. The average Bonchev–Trinajstić information content (AvgIpc) is 3.10. The van der Waals surface area contributed by atoms with Crippen molar-refractivity contribution in [3.8, 4) is 0 Å². The molecular formula is C20H24FN5O3S. The van der Waals surface area contributed by atoms with Crippen LogP contribution in [-0.4, -0.2) is 66.0 Å². The summed E-state index contributed by atoms with van der Waals surface area (Å²) < 4.78 is 37.0. The monoisotopic (exact) mass is 433 g/mol. The molecule has 2 N–H and O–H groups in total. The molecule has 8 nitrogen and oxygen atoms in total. The Balaban J connectivity index is 1.47. The van der Waals surface area contributed by atoms with E-state index >= 15 is 0 Å². The number of hydrogen-bond acceptors (Lipinski definition) is 4. The molecule has 1 atom stereocenters. The zero-order chi connectivity index (χ0) is 21.3. The highest BCUT2D eigenvalue weighted by Gasteiger charge is 2.32. The van der Waals surface area contributed by atoms with E-state index in [2.05, 4.69) is 21.6 Å². The molecule has 2 saturated heterocycles. The van der Waals surface area contributed by atoms with Crippen molar-refractivity contribution >= 4 is 40.0 Å². The van der Waals surface area contributed by atoms with E-state index in [4.69, 9.17) is 4.55 Å². The highest BCUT2D eigenvalue weighted by Crippen LogP contribution is 2.30. The van der Waals surface area contributed by atoms with Gasteiger partial charge in [-0.3, -0.25) is 19.1 Å². The number of benzene rings is 2. The Morgan fingerprint density at radius 3 is 2.20 bits per heavy atom. The van der Waals surface area contributed by atoms with Gasteiger partial charge in [0.2, 0.25) is 0 Å².